The number of hydrogen-bond acceptors (Lipinski definition) is 3. The van der Waals surface area contributed by atoms with Crippen molar-refractivity contribution in [2.45, 2.75) is 13.3 Å². The van der Waals surface area contributed by atoms with Crippen LogP contribution in [-0.4, -0.2) is 17.3 Å². The van der Waals surface area contributed by atoms with E-state index < -0.39 is 0 Å². The van der Waals surface area contributed by atoms with Crippen LogP contribution in [0.15, 0.2) is 42.5 Å². The van der Waals surface area contributed by atoms with Gasteiger partial charge in [-0.15, -0.1) is 0 Å². The first-order valence-corrected chi connectivity index (χ1v) is 7.81. The predicted molar refractivity (Wildman–Crippen MR) is 95.3 cm³/mol. The summed E-state index contributed by atoms with van der Waals surface area (Å²) in [5.74, 6) is -0.333. The standard InChI is InChI=1S/C17H15ClN2O2S/c1-11-5-6-16(20-22)15(7-11)17(21)19-10-14(23)9-12-3-2-4-13(18)8-12/h2-8H,9-10H2,1H3,(H,19,21)/p+1. The van der Waals surface area contributed by atoms with Crippen LogP contribution in [0.25, 0.3) is 0 Å². The highest BCUT2D eigenvalue weighted by molar-refractivity contribution is 7.80. The summed E-state index contributed by atoms with van der Waals surface area (Å²) in [6.07, 6.45) is 0.552. The van der Waals surface area contributed by atoms with E-state index in [2.05, 4.69) is 5.32 Å². The van der Waals surface area contributed by atoms with Gasteiger partial charge in [0, 0.05) is 39.0 Å². The van der Waals surface area contributed by atoms with Gasteiger partial charge in [-0.1, -0.05) is 42.0 Å². The molecule has 0 saturated carbocycles. The molecule has 0 aliphatic heterocycles. The van der Waals surface area contributed by atoms with Crippen molar-refractivity contribution in [2.24, 2.45) is 0 Å². The summed E-state index contributed by atoms with van der Waals surface area (Å²) < 4.78 is 0. The zero-order valence-corrected chi connectivity index (χ0v) is 14.1. The smallest absolute Gasteiger partial charge is 0.266 e. The molecule has 0 saturated heterocycles. The molecule has 0 fully saturated rings. The second kappa shape index (κ2) is 7.94. The Labute approximate surface area is 144 Å². The molecule has 23 heavy (non-hydrogen) atoms. The number of carbonyl (C=O) groups is 1. The summed E-state index contributed by atoms with van der Waals surface area (Å²) in [7, 11) is 0. The van der Waals surface area contributed by atoms with Crippen molar-refractivity contribution in [1.82, 2.24) is 5.32 Å². The largest absolute Gasteiger partial charge is 0.347 e. The van der Waals surface area contributed by atoms with Crippen LogP contribution in [0.1, 0.15) is 21.5 Å². The number of aryl methyl sites for hydroxylation is 1. The maximum absolute atomic E-state index is 12.2. The molecule has 0 aromatic heterocycles. The van der Waals surface area contributed by atoms with Gasteiger partial charge < -0.3 is 5.32 Å². The summed E-state index contributed by atoms with van der Waals surface area (Å²) in [5.41, 5.74) is 2.45. The fourth-order valence-corrected chi connectivity index (χ4v) is 2.60. The highest BCUT2D eigenvalue weighted by atomic mass is 35.5. The van der Waals surface area contributed by atoms with Crippen LogP contribution < -0.4 is 10.5 Å². The molecule has 0 heterocycles. The number of nitrogens with one attached hydrogen (secondary N) is 2. The maximum Gasteiger partial charge on any atom is 0.266 e. The summed E-state index contributed by atoms with van der Waals surface area (Å²) >= 11 is 11.2. The Morgan fingerprint density at radius 1 is 1.26 bits per heavy atom. The molecule has 1 amide bonds. The third kappa shape index (κ3) is 4.94. The van der Waals surface area contributed by atoms with Gasteiger partial charge in [0.1, 0.15) is 5.56 Å². The monoisotopic (exact) mass is 347 g/mol. The Kier molecular flexibility index (Phi) is 5.96. The fourth-order valence-electron chi connectivity index (χ4n) is 2.15. The molecule has 6 heteroatoms. The summed E-state index contributed by atoms with van der Waals surface area (Å²) in [5, 5.41) is 5.18. The molecule has 2 rings (SSSR count). The molecular formula is C17H16ClN2O2S+. The SMILES string of the molecule is Cc1ccc([NH+]=O)c(C(=O)NCC(=S)Cc2cccc(Cl)c2)c1. The molecule has 2 aromatic carbocycles. The number of hydrogen-bond donors (Lipinski definition) is 2. The summed E-state index contributed by atoms with van der Waals surface area (Å²) in [6, 6.07) is 12.4. The quantitative estimate of drug-likeness (QED) is 0.789. The second-order valence-electron chi connectivity index (χ2n) is 5.18. The molecule has 0 aliphatic rings. The zero-order chi connectivity index (χ0) is 16.8. The average molecular weight is 348 g/mol. The number of nitroso groups, excluding NO2 is 1. The predicted octanol–water partition coefficient (Wildman–Crippen LogP) is 2.47. The van der Waals surface area contributed by atoms with Crippen molar-refractivity contribution in [1.29, 1.82) is 0 Å². The Bertz CT molecular complexity index is 762. The van der Waals surface area contributed by atoms with E-state index in [1.165, 1.54) is 0 Å². The van der Waals surface area contributed by atoms with E-state index in [4.69, 9.17) is 23.8 Å². The van der Waals surface area contributed by atoms with Gasteiger partial charge >= 0.3 is 0 Å². The topological polar surface area (TPSA) is 60.1 Å². The molecular weight excluding hydrogens is 332 g/mol. The van der Waals surface area contributed by atoms with Gasteiger partial charge in [0.2, 0.25) is 0 Å². The van der Waals surface area contributed by atoms with E-state index in [9.17, 15) is 9.70 Å². The molecule has 0 radical (unpaired) electrons. The lowest BCUT2D eigenvalue weighted by atomic mass is 10.1. The maximum atomic E-state index is 12.2. The summed E-state index contributed by atoms with van der Waals surface area (Å²) in [4.78, 5) is 23.8. The molecule has 4 nitrogen and oxygen atoms in total. The van der Waals surface area contributed by atoms with Crippen molar-refractivity contribution in [3.8, 4) is 0 Å². The zero-order valence-electron chi connectivity index (χ0n) is 12.6. The van der Waals surface area contributed by atoms with Gasteiger partial charge in [-0.2, -0.15) is 0 Å². The number of halogens is 1. The van der Waals surface area contributed by atoms with Crippen LogP contribution in [0.3, 0.4) is 0 Å². The molecule has 0 unspecified atom stereocenters. The van der Waals surface area contributed by atoms with Gasteiger partial charge in [-0.05, 0) is 36.2 Å². The van der Waals surface area contributed by atoms with Crippen LogP contribution in [0.2, 0.25) is 5.02 Å². The minimum absolute atomic E-state index is 0.244. The number of rotatable bonds is 6. The van der Waals surface area contributed by atoms with E-state index in [-0.39, 0.29) is 18.1 Å². The molecule has 0 atom stereocenters. The molecule has 118 valence electrons. The van der Waals surface area contributed by atoms with Gasteiger partial charge in [0.15, 0.2) is 0 Å². The fraction of sp³-hybridized carbons (Fsp3) is 0.176. The first-order chi connectivity index (χ1) is 11.0. The van der Waals surface area contributed by atoms with Gasteiger partial charge in [-0.25, -0.2) is 0 Å². The van der Waals surface area contributed by atoms with Crippen molar-refractivity contribution in [3.63, 3.8) is 0 Å². The average Bonchev–Trinajstić information content (AvgIpc) is 2.52. The van der Waals surface area contributed by atoms with E-state index in [1.54, 1.807) is 29.4 Å². The number of amides is 1. The lowest BCUT2D eigenvalue weighted by Crippen LogP contribution is -2.57. The lowest BCUT2D eigenvalue weighted by Gasteiger charge is -2.07. The van der Waals surface area contributed by atoms with E-state index in [1.807, 2.05) is 25.1 Å². The third-order valence-corrected chi connectivity index (χ3v) is 3.79. The molecule has 0 spiro atoms. The Balaban J connectivity index is 1.97. The van der Waals surface area contributed by atoms with E-state index in [0.717, 1.165) is 11.1 Å². The van der Waals surface area contributed by atoms with Crippen molar-refractivity contribution in [3.05, 3.63) is 69.1 Å². The Morgan fingerprint density at radius 2 is 2.04 bits per heavy atom. The highest BCUT2D eigenvalue weighted by Crippen LogP contribution is 2.13. The van der Waals surface area contributed by atoms with Gasteiger partial charge in [0.25, 0.3) is 11.6 Å². The second-order valence-corrected chi connectivity index (χ2v) is 6.19. The van der Waals surface area contributed by atoms with Gasteiger partial charge in [0.05, 0.1) is 0 Å². The number of thiocarbonyl (C=S) groups is 1. The lowest BCUT2D eigenvalue weighted by molar-refractivity contribution is -0.379. The van der Waals surface area contributed by atoms with Gasteiger partial charge in [-0.3, -0.25) is 4.79 Å². The Morgan fingerprint density at radius 3 is 2.74 bits per heavy atom. The van der Waals surface area contributed by atoms with Crippen molar-refractivity contribution in [2.75, 3.05) is 6.54 Å². The first-order valence-electron chi connectivity index (χ1n) is 7.02. The molecule has 0 aliphatic carbocycles. The van der Waals surface area contributed by atoms with Crippen LogP contribution in [0.5, 0.6) is 0 Å². The van der Waals surface area contributed by atoms with Crippen LogP contribution >= 0.6 is 23.8 Å². The molecule has 2 N–H and O–H groups in total. The number of carbonyl (C=O) groups excluding carboxylic acids is 1. The minimum atomic E-state index is -0.333. The minimum Gasteiger partial charge on any atom is -0.347 e. The normalized spacial score (nSPS) is 10.2. The number of benzene rings is 2. The third-order valence-electron chi connectivity index (χ3n) is 3.27. The van der Waals surface area contributed by atoms with Crippen LogP contribution in [0, 0.1) is 11.8 Å². The van der Waals surface area contributed by atoms with E-state index >= 15 is 0 Å². The van der Waals surface area contributed by atoms with E-state index in [0.29, 0.717) is 21.9 Å². The van der Waals surface area contributed by atoms with Crippen LogP contribution in [-0.2, 0) is 6.42 Å². The molecule has 2 aromatic rings. The van der Waals surface area contributed by atoms with Crippen molar-refractivity contribution >= 4 is 40.3 Å². The first kappa shape index (κ1) is 17.2. The van der Waals surface area contributed by atoms with Crippen molar-refractivity contribution < 1.29 is 9.97 Å². The summed E-state index contributed by atoms with van der Waals surface area (Å²) in [6.45, 7) is 2.11. The van der Waals surface area contributed by atoms with Crippen LogP contribution in [0.4, 0.5) is 5.69 Å². The molecule has 0 bridgehead atoms. The Hall–Kier alpha value is -2.11. The highest BCUT2D eigenvalue weighted by Gasteiger charge is 2.16.